The van der Waals surface area contributed by atoms with Crippen molar-refractivity contribution in [2.45, 2.75) is 6.92 Å². The van der Waals surface area contributed by atoms with Crippen molar-refractivity contribution in [3.8, 4) is 11.5 Å². The first kappa shape index (κ1) is 18.2. The summed E-state index contributed by atoms with van der Waals surface area (Å²) in [6.45, 7) is 2.06. The quantitative estimate of drug-likeness (QED) is 0.597. The second-order valence-electron chi connectivity index (χ2n) is 5.54. The minimum atomic E-state index is -1.05. The Balaban J connectivity index is 1.74. The van der Waals surface area contributed by atoms with Crippen LogP contribution in [-0.2, 0) is 14.3 Å². The van der Waals surface area contributed by atoms with Gasteiger partial charge in [0, 0.05) is 5.56 Å². The van der Waals surface area contributed by atoms with E-state index in [-0.39, 0.29) is 11.6 Å². The molecule has 2 aromatic rings. The van der Waals surface area contributed by atoms with Gasteiger partial charge in [-0.15, -0.1) is 0 Å². The number of hydrogen-bond acceptors (Lipinski definition) is 6. The number of carboxylic acids is 1. The molecule has 1 aliphatic heterocycles. The van der Waals surface area contributed by atoms with E-state index in [1.54, 1.807) is 54.6 Å². The van der Waals surface area contributed by atoms with Gasteiger partial charge in [-0.2, -0.15) is 0 Å². The molecule has 0 saturated heterocycles. The summed E-state index contributed by atoms with van der Waals surface area (Å²) in [5, 5.41) is 8.60. The van der Waals surface area contributed by atoms with Gasteiger partial charge in [-0.25, -0.2) is 14.6 Å². The number of carboxylic acid groups (broad SMARTS) is 1. The maximum atomic E-state index is 12.1. The monoisotopic (exact) mass is 367 g/mol. The zero-order valence-electron chi connectivity index (χ0n) is 14.5. The molecule has 0 bridgehead atoms. The molecule has 0 radical (unpaired) electrons. The lowest BCUT2D eigenvalue weighted by Crippen LogP contribution is -2.09. The Kier molecular flexibility index (Phi) is 5.51. The molecule has 0 saturated carbocycles. The van der Waals surface area contributed by atoms with Crippen LogP contribution in [0.2, 0.25) is 0 Å². The minimum Gasteiger partial charge on any atom is -0.494 e. The summed E-state index contributed by atoms with van der Waals surface area (Å²) in [6, 6.07) is 13.7. The van der Waals surface area contributed by atoms with Crippen molar-refractivity contribution in [3.63, 3.8) is 0 Å². The van der Waals surface area contributed by atoms with E-state index in [1.165, 1.54) is 0 Å². The highest BCUT2D eigenvalue weighted by Crippen LogP contribution is 2.22. The highest BCUT2D eigenvalue weighted by Gasteiger charge is 2.24. The standard InChI is InChI=1S/C20H17NO6/c1-2-25-15-9-5-14(6-10-15)19-21-17(20(24)27-19)11-13-3-7-16(8-4-13)26-12-18(22)23/h3-11H,2,12H2,1H3,(H,22,23)/b17-11-. The van der Waals surface area contributed by atoms with Crippen molar-refractivity contribution in [2.75, 3.05) is 13.2 Å². The molecule has 1 aliphatic rings. The van der Waals surface area contributed by atoms with Gasteiger partial charge in [0.05, 0.1) is 6.61 Å². The summed E-state index contributed by atoms with van der Waals surface area (Å²) < 4.78 is 15.7. The van der Waals surface area contributed by atoms with Crippen LogP contribution in [0.5, 0.6) is 11.5 Å². The lowest BCUT2D eigenvalue weighted by atomic mass is 10.2. The second-order valence-corrected chi connectivity index (χ2v) is 5.54. The van der Waals surface area contributed by atoms with Gasteiger partial charge in [0.1, 0.15) is 11.5 Å². The number of aliphatic imine (C=N–C) groups is 1. The zero-order valence-corrected chi connectivity index (χ0v) is 14.5. The van der Waals surface area contributed by atoms with Crippen LogP contribution >= 0.6 is 0 Å². The Morgan fingerprint density at radius 2 is 1.70 bits per heavy atom. The van der Waals surface area contributed by atoms with Crippen molar-refractivity contribution in [1.82, 2.24) is 0 Å². The Morgan fingerprint density at radius 3 is 2.33 bits per heavy atom. The first-order chi connectivity index (χ1) is 13.0. The Hall–Kier alpha value is -3.61. The largest absolute Gasteiger partial charge is 0.494 e. The van der Waals surface area contributed by atoms with Crippen molar-refractivity contribution >= 4 is 23.9 Å². The van der Waals surface area contributed by atoms with Gasteiger partial charge in [-0.3, -0.25) is 0 Å². The molecule has 0 aromatic heterocycles. The van der Waals surface area contributed by atoms with Crippen LogP contribution in [0.25, 0.3) is 6.08 Å². The van der Waals surface area contributed by atoms with Gasteiger partial charge in [0.2, 0.25) is 5.90 Å². The summed E-state index contributed by atoms with van der Waals surface area (Å²) in [5.41, 5.74) is 1.56. The summed E-state index contributed by atoms with van der Waals surface area (Å²) in [4.78, 5) is 26.8. The van der Waals surface area contributed by atoms with Crippen LogP contribution in [-0.4, -0.2) is 36.2 Å². The first-order valence-electron chi connectivity index (χ1n) is 8.25. The predicted octanol–water partition coefficient (Wildman–Crippen LogP) is 2.89. The Bertz CT molecular complexity index is 897. The fourth-order valence-electron chi connectivity index (χ4n) is 2.36. The number of rotatable bonds is 7. The van der Waals surface area contributed by atoms with Crippen LogP contribution in [0, 0.1) is 0 Å². The number of aliphatic carboxylic acids is 1. The predicted molar refractivity (Wildman–Crippen MR) is 97.8 cm³/mol. The van der Waals surface area contributed by atoms with Crippen LogP contribution < -0.4 is 9.47 Å². The molecule has 7 heteroatoms. The van der Waals surface area contributed by atoms with Gasteiger partial charge in [-0.1, -0.05) is 12.1 Å². The van der Waals surface area contributed by atoms with E-state index in [4.69, 9.17) is 19.3 Å². The molecule has 2 aromatic carbocycles. The van der Waals surface area contributed by atoms with Crippen LogP contribution in [0.4, 0.5) is 0 Å². The molecule has 0 unspecified atom stereocenters. The SMILES string of the molecule is CCOc1ccc(C2=N/C(=C\c3ccc(OCC(=O)O)cc3)C(=O)O2)cc1. The molecule has 0 fully saturated rings. The van der Waals surface area contributed by atoms with Gasteiger partial charge >= 0.3 is 11.9 Å². The smallest absolute Gasteiger partial charge is 0.363 e. The van der Waals surface area contributed by atoms with Crippen LogP contribution in [0.1, 0.15) is 18.1 Å². The number of nitrogens with zero attached hydrogens (tertiary/aromatic N) is 1. The van der Waals surface area contributed by atoms with E-state index in [9.17, 15) is 9.59 Å². The molecule has 138 valence electrons. The number of cyclic esters (lactones) is 1. The molecular weight excluding hydrogens is 350 g/mol. The van der Waals surface area contributed by atoms with Crippen molar-refractivity contribution in [3.05, 3.63) is 65.4 Å². The number of ether oxygens (including phenoxy) is 3. The average molecular weight is 367 g/mol. The number of carbonyl (C=O) groups excluding carboxylic acids is 1. The number of esters is 1. The molecule has 1 heterocycles. The topological polar surface area (TPSA) is 94.4 Å². The molecule has 7 nitrogen and oxygen atoms in total. The molecule has 27 heavy (non-hydrogen) atoms. The van der Waals surface area contributed by atoms with E-state index in [0.29, 0.717) is 23.5 Å². The first-order valence-corrected chi connectivity index (χ1v) is 8.25. The van der Waals surface area contributed by atoms with Gasteiger partial charge < -0.3 is 19.3 Å². The van der Waals surface area contributed by atoms with Crippen molar-refractivity contribution in [1.29, 1.82) is 0 Å². The lowest BCUT2D eigenvalue weighted by molar-refractivity contribution is -0.139. The number of carbonyl (C=O) groups is 2. The fourth-order valence-corrected chi connectivity index (χ4v) is 2.36. The van der Waals surface area contributed by atoms with E-state index in [0.717, 1.165) is 5.75 Å². The second kappa shape index (κ2) is 8.18. The molecular formula is C20H17NO6. The molecule has 0 spiro atoms. The van der Waals surface area contributed by atoms with Gasteiger partial charge in [0.15, 0.2) is 12.3 Å². The van der Waals surface area contributed by atoms with E-state index < -0.39 is 18.5 Å². The third kappa shape index (κ3) is 4.72. The normalized spacial score (nSPS) is 14.6. The summed E-state index contributed by atoms with van der Waals surface area (Å²) in [6.07, 6.45) is 1.59. The molecule has 3 rings (SSSR count). The lowest BCUT2D eigenvalue weighted by Gasteiger charge is -2.03. The van der Waals surface area contributed by atoms with Gasteiger partial charge in [-0.05, 0) is 55.0 Å². The summed E-state index contributed by atoms with van der Waals surface area (Å²) >= 11 is 0. The van der Waals surface area contributed by atoms with Crippen molar-refractivity contribution in [2.24, 2.45) is 4.99 Å². The van der Waals surface area contributed by atoms with Crippen molar-refractivity contribution < 1.29 is 28.9 Å². The Labute approximate surface area is 155 Å². The number of hydrogen-bond donors (Lipinski definition) is 1. The van der Waals surface area contributed by atoms with Crippen LogP contribution in [0.3, 0.4) is 0 Å². The summed E-state index contributed by atoms with van der Waals surface area (Å²) in [7, 11) is 0. The third-order valence-corrected chi connectivity index (χ3v) is 3.58. The highest BCUT2D eigenvalue weighted by atomic mass is 16.6. The molecule has 0 atom stereocenters. The van der Waals surface area contributed by atoms with E-state index in [2.05, 4.69) is 4.99 Å². The summed E-state index contributed by atoms with van der Waals surface area (Å²) in [5.74, 6) is -0.203. The van der Waals surface area contributed by atoms with E-state index in [1.807, 2.05) is 6.92 Å². The molecule has 0 aliphatic carbocycles. The number of benzene rings is 2. The maximum absolute atomic E-state index is 12.1. The van der Waals surface area contributed by atoms with E-state index >= 15 is 0 Å². The van der Waals surface area contributed by atoms with Crippen LogP contribution in [0.15, 0.2) is 59.2 Å². The third-order valence-electron chi connectivity index (χ3n) is 3.58. The highest BCUT2D eigenvalue weighted by molar-refractivity contribution is 6.12. The fraction of sp³-hybridized carbons (Fsp3) is 0.150. The zero-order chi connectivity index (χ0) is 19.2. The Morgan fingerprint density at radius 1 is 1.07 bits per heavy atom. The maximum Gasteiger partial charge on any atom is 0.363 e. The molecule has 0 amide bonds. The minimum absolute atomic E-state index is 0.179. The molecule has 1 N–H and O–H groups in total. The average Bonchev–Trinajstić information content (AvgIpc) is 3.02. The van der Waals surface area contributed by atoms with Gasteiger partial charge in [0.25, 0.3) is 0 Å².